The van der Waals surface area contributed by atoms with Crippen LogP contribution in [0.4, 0.5) is 0 Å². The van der Waals surface area contributed by atoms with Crippen molar-refractivity contribution in [2.75, 3.05) is 7.11 Å². The number of ketones is 2. The van der Waals surface area contributed by atoms with Gasteiger partial charge in [0.15, 0.2) is 11.5 Å². The summed E-state index contributed by atoms with van der Waals surface area (Å²) in [5.74, 6) is 0.181. The highest BCUT2D eigenvalue weighted by Gasteiger charge is 2.34. The summed E-state index contributed by atoms with van der Waals surface area (Å²) in [6, 6.07) is 3.47. The molecule has 0 atom stereocenters. The maximum atomic E-state index is 12.4. The number of Topliss-reactive ketones (excluding diaryl/α,β-unsaturated/α-hetero) is 1. The highest BCUT2D eigenvalue weighted by molar-refractivity contribution is 6.24. The maximum absolute atomic E-state index is 12.4. The van der Waals surface area contributed by atoms with Gasteiger partial charge in [0, 0.05) is 36.8 Å². The Morgan fingerprint density at radius 2 is 1.91 bits per heavy atom. The van der Waals surface area contributed by atoms with Gasteiger partial charge in [-0.25, -0.2) is 0 Å². The summed E-state index contributed by atoms with van der Waals surface area (Å²) >= 11 is 0. The SMILES string of the molecule is COC1=CC(=O)c2c(COc3ccncc3)c(C)n(C)c2C1=O. The maximum Gasteiger partial charge on any atom is 0.244 e. The molecule has 0 bridgehead atoms. The molecule has 0 saturated carbocycles. The second-order valence-corrected chi connectivity index (χ2v) is 5.22. The molecule has 0 aromatic carbocycles. The molecule has 0 aliphatic heterocycles. The number of nitrogens with zero attached hydrogens (tertiary/aromatic N) is 2. The zero-order valence-corrected chi connectivity index (χ0v) is 13.1. The minimum absolute atomic E-state index is 0.0599. The second kappa shape index (κ2) is 5.72. The molecule has 3 rings (SSSR count). The molecule has 118 valence electrons. The monoisotopic (exact) mass is 312 g/mol. The molecule has 2 aromatic rings. The van der Waals surface area contributed by atoms with E-state index in [0.717, 1.165) is 5.69 Å². The predicted molar refractivity (Wildman–Crippen MR) is 82.5 cm³/mol. The van der Waals surface area contributed by atoms with Gasteiger partial charge in [-0.3, -0.25) is 14.6 Å². The van der Waals surface area contributed by atoms with E-state index in [2.05, 4.69) is 4.98 Å². The van der Waals surface area contributed by atoms with Crippen LogP contribution < -0.4 is 4.74 Å². The Balaban J connectivity index is 2.00. The summed E-state index contributed by atoms with van der Waals surface area (Å²) in [4.78, 5) is 28.8. The fourth-order valence-corrected chi connectivity index (χ4v) is 2.68. The topological polar surface area (TPSA) is 70.4 Å². The molecule has 1 aliphatic rings. The smallest absolute Gasteiger partial charge is 0.244 e. The highest BCUT2D eigenvalue weighted by atomic mass is 16.5. The van der Waals surface area contributed by atoms with Crippen LogP contribution in [0, 0.1) is 6.92 Å². The van der Waals surface area contributed by atoms with Crippen LogP contribution in [0.25, 0.3) is 0 Å². The summed E-state index contributed by atoms with van der Waals surface area (Å²) in [5, 5.41) is 0. The van der Waals surface area contributed by atoms with E-state index in [4.69, 9.17) is 9.47 Å². The first-order chi connectivity index (χ1) is 11.0. The molecule has 0 saturated heterocycles. The number of methoxy groups -OCH3 is 1. The summed E-state index contributed by atoms with van der Waals surface area (Å²) in [7, 11) is 3.14. The summed E-state index contributed by atoms with van der Waals surface area (Å²) in [6.45, 7) is 2.06. The summed E-state index contributed by atoms with van der Waals surface area (Å²) in [5.41, 5.74) is 2.27. The van der Waals surface area contributed by atoms with Crippen molar-refractivity contribution >= 4 is 11.6 Å². The zero-order chi connectivity index (χ0) is 16.6. The van der Waals surface area contributed by atoms with Crippen LogP contribution >= 0.6 is 0 Å². The fraction of sp³-hybridized carbons (Fsp3) is 0.235. The molecule has 0 radical (unpaired) electrons. The van der Waals surface area contributed by atoms with Gasteiger partial charge in [0.25, 0.3) is 0 Å². The van der Waals surface area contributed by atoms with Crippen LogP contribution in [0.15, 0.2) is 36.4 Å². The first kappa shape index (κ1) is 15.0. The van der Waals surface area contributed by atoms with E-state index < -0.39 is 0 Å². The zero-order valence-electron chi connectivity index (χ0n) is 13.1. The lowest BCUT2D eigenvalue weighted by Gasteiger charge is -2.13. The van der Waals surface area contributed by atoms with E-state index in [1.807, 2.05) is 6.92 Å². The van der Waals surface area contributed by atoms with Crippen LogP contribution in [0.3, 0.4) is 0 Å². The standard InChI is InChI=1S/C17H16N2O4/c1-10-12(9-23-11-4-6-18-7-5-11)15-13(20)8-14(22-3)17(21)16(15)19(10)2/h4-8H,9H2,1-3H3. The Morgan fingerprint density at radius 3 is 2.57 bits per heavy atom. The van der Waals surface area contributed by atoms with Crippen molar-refractivity contribution in [1.29, 1.82) is 0 Å². The number of fused-ring (bicyclic) bond motifs is 1. The number of carbonyl (C=O) groups is 2. The summed E-state index contributed by atoms with van der Waals surface area (Å²) in [6.07, 6.45) is 4.50. The number of ether oxygens (including phenoxy) is 2. The van der Waals surface area contributed by atoms with Crippen molar-refractivity contribution in [3.05, 3.63) is 58.9 Å². The van der Waals surface area contributed by atoms with Crippen LogP contribution in [0.1, 0.15) is 32.1 Å². The van der Waals surface area contributed by atoms with Crippen LogP contribution in [-0.4, -0.2) is 28.2 Å². The van der Waals surface area contributed by atoms with Crippen molar-refractivity contribution in [2.24, 2.45) is 7.05 Å². The Labute approximate surface area is 133 Å². The molecule has 2 heterocycles. The Morgan fingerprint density at radius 1 is 1.22 bits per heavy atom. The van der Waals surface area contributed by atoms with Crippen molar-refractivity contribution in [3.8, 4) is 5.75 Å². The van der Waals surface area contributed by atoms with Gasteiger partial charge in [0.2, 0.25) is 5.78 Å². The number of carbonyl (C=O) groups excluding carboxylic acids is 2. The largest absolute Gasteiger partial charge is 0.492 e. The van der Waals surface area contributed by atoms with Gasteiger partial charge in [0.05, 0.1) is 12.7 Å². The van der Waals surface area contributed by atoms with Crippen molar-refractivity contribution < 1.29 is 19.1 Å². The van der Waals surface area contributed by atoms with Gasteiger partial charge in [-0.05, 0) is 19.1 Å². The van der Waals surface area contributed by atoms with Crippen LogP contribution in [0.2, 0.25) is 0 Å². The van der Waals surface area contributed by atoms with Gasteiger partial charge in [0.1, 0.15) is 18.1 Å². The third kappa shape index (κ3) is 2.42. The molecule has 2 aromatic heterocycles. The van der Waals surface area contributed by atoms with Crippen LogP contribution in [-0.2, 0) is 18.4 Å². The van der Waals surface area contributed by atoms with Gasteiger partial charge in [-0.2, -0.15) is 0 Å². The number of allylic oxidation sites excluding steroid dienone is 2. The Bertz CT molecular complexity index is 819. The molecule has 6 nitrogen and oxygen atoms in total. The van der Waals surface area contributed by atoms with Gasteiger partial charge in [-0.1, -0.05) is 0 Å². The molecule has 0 fully saturated rings. The van der Waals surface area contributed by atoms with Crippen molar-refractivity contribution in [3.63, 3.8) is 0 Å². The minimum Gasteiger partial charge on any atom is -0.492 e. The van der Waals surface area contributed by atoms with Crippen molar-refractivity contribution in [1.82, 2.24) is 9.55 Å². The third-order valence-corrected chi connectivity index (χ3v) is 4.01. The van der Waals surface area contributed by atoms with Gasteiger partial charge < -0.3 is 14.0 Å². The quantitative estimate of drug-likeness (QED) is 0.865. The lowest BCUT2D eigenvalue weighted by molar-refractivity contribution is 0.0909. The molecular formula is C17H16N2O4. The molecular weight excluding hydrogens is 296 g/mol. The molecule has 6 heteroatoms. The van der Waals surface area contributed by atoms with Crippen LogP contribution in [0.5, 0.6) is 5.75 Å². The lowest BCUT2D eigenvalue weighted by Crippen LogP contribution is -2.20. The molecule has 0 amide bonds. The first-order valence-electron chi connectivity index (χ1n) is 7.10. The second-order valence-electron chi connectivity index (χ2n) is 5.22. The van der Waals surface area contributed by atoms with E-state index in [-0.39, 0.29) is 23.9 Å². The number of pyridine rings is 1. The van der Waals surface area contributed by atoms with Crippen molar-refractivity contribution in [2.45, 2.75) is 13.5 Å². The normalized spacial score (nSPS) is 13.6. The minimum atomic E-state index is -0.289. The molecule has 23 heavy (non-hydrogen) atoms. The molecule has 0 spiro atoms. The Hall–Kier alpha value is -2.89. The van der Waals surface area contributed by atoms with E-state index in [9.17, 15) is 9.59 Å². The molecule has 0 N–H and O–H groups in total. The first-order valence-corrected chi connectivity index (χ1v) is 7.10. The number of rotatable bonds is 4. The number of hydrogen-bond donors (Lipinski definition) is 0. The average Bonchev–Trinajstić information content (AvgIpc) is 2.82. The predicted octanol–water partition coefficient (Wildman–Crippen LogP) is 2.22. The molecule has 0 unspecified atom stereocenters. The third-order valence-electron chi connectivity index (χ3n) is 4.01. The van der Waals surface area contributed by atoms with E-state index >= 15 is 0 Å². The number of aromatic nitrogens is 2. The Kier molecular flexibility index (Phi) is 3.73. The molecule has 1 aliphatic carbocycles. The number of hydrogen-bond acceptors (Lipinski definition) is 5. The summed E-state index contributed by atoms with van der Waals surface area (Å²) < 4.78 is 12.4. The fourth-order valence-electron chi connectivity index (χ4n) is 2.68. The van der Waals surface area contributed by atoms with Gasteiger partial charge >= 0.3 is 0 Å². The average molecular weight is 312 g/mol. The van der Waals surface area contributed by atoms with Gasteiger partial charge in [-0.15, -0.1) is 0 Å². The van der Waals surface area contributed by atoms with E-state index in [1.54, 1.807) is 36.1 Å². The van der Waals surface area contributed by atoms with E-state index in [1.165, 1.54) is 13.2 Å². The van der Waals surface area contributed by atoms with E-state index in [0.29, 0.717) is 22.6 Å². The lowest BCUT2D eigenvalue weighted by atomic mass is 9.96. The highest BCUT2D eigenvalue weighted by Crippen LogP contribution is 2.30.